The summed E-state index contributed by atoms with van der Waals surface area (Å²) in [6, 6.07) is 13.4. The van der Waals surface area contributed by atoms with Gasteiger partial charge in [-0.1, -0.05) is 60.7 Å². The van der Waals surface area contributed by atoms with E-state index in [0.29, 0.717) is 27.4 Å². The summed E-state index contributed by atoms with van der Waals surface area (Å²) >= 11 is 12.2. The number of oxazole rings is 1. The van der Waals surface area contributed by atoms with Crippen LogP contribution in [0.1, 0.15) is 43.9 Å². The summed E-state index contributed by atoms with van der Waals surface area (Å²) in [5.41, 5.74) is 3.22. The number of nitrogens with one attached hydrogen (secondary N) is 1. The van der Waals surface area contributed by atoms with Crippen LogP contribution in [0.25, 0.3) is 22.0 Å². The fraction of sp³-hybridized carbons (Fsp3) is 0.273. The molecule has 1 saturated carbocycles. The van der Waals surface area contributed by atoms with Crippen LogP contribution in [-0.4, -0.2) is 9.97 Å². The van der Waals surface area contributed by atoms with Crippen molar-refractivity contribution in [2.45, 2.75) is 38.0 Å². The van der Waals surface area contributed by atoms with Gasteiger partial charge in [0.25, 0.3) is 0 Å². The van der Waals surface area contributed by atoms with Crippen LogP contribution in [0.3, 0.4) is 0 Å². The molecule has 0 saturated heterocycles. The van der Waals surface area contributed by atoms with Crippen molar-refractivity contribution in [2.24, 2.45) is 0 Å². The summed E-state index contributed by atoms with van der Waals surface area (Å²) in [5, 5.41) is 5.34. The van der Waals surface area contributed by atoms with Crippen LogP contribution < -0.4 is 5.32 Å². The van der Waals surface area contributed by atoms with Crippen molar-refractivity contribution in [1.29, 1.82) is 0 Å². The molecule has 0 amide bonds. The van der Waals surface area contributed by atoms with Gasteiger partial charge in [0.2, 0.25) is 0 Å². The summed E-state index contributed by atoms with van der Waals surface area (Å²) in [7, 11) is 0. The van der Waals surface area contributed by atoms with E-state index in [1.54, 1.807) is 12.1 Å². The van der Waals surface area contributed by atoms with E-state index in [1.165, 1.54) is 19.3 Å². The monoisotopic (exact) mass is 411 g/mol. The molecule has 0 unspecified atom stereocenters. The van der Waals surface area contributed by atoms with Gasteiger partial charge in [-0.3, -0.25) is 0 Å². The van der Waals surface area contributed by atoms with E-state index in [-0.39, 0.29) is 0 Å². The van der Waals surface area contributed by atoms with Crippen LogP contribution in [0.5, 0.6) is 0 Å². The molecule has 6 heteroatoms. The lowest BCUT2D eigenvalue weighted by molar-refractivity contribution is 0.373. The molecule has 1 aliphatic rings. The minimum Gasteiger partial charge on any atom is -0.436 e. The molecule has 4 nitrogen and oxygen atoms in total. The first-order valence-electron chi connectivity index (χ1n) is 9.60. The molecule has 1 N–H and O–H groups in total. The first-order valence-corrected chi connectivity index (χ1v) is 10.4. The minimum absolute atomic E-state index is 0.387. The Morgan fingerprint density at radius 1 is 0.929 bits per heavy atom. The number of hydrogen-bond acceptors (Lipinski definition) is 4. The summed E-state index contributed by atoms with van der Waals surface area (Å²) in [6.45, 7) is 0. The normalized spacial score (nSPS) is 15.4. The van der Waals surface area contributed by atoms with Gasteiger partial charge in [-0.15, -0.1) is 0 Å². The van der Waals surface area contributed by atoms with Crippen molar-refractivity contribution >= 4 is 56.7 Å². The fourth-order valence-corrected chi connectivity index (χ4v) is 4.24. The molecule has 0 aliphatic heterocycles. The topological polar surface area (TPSA) is 51.0 Å². The van der Waals surface area contributed by atoms with Gasteiger partial charge >= 0.3 is 0 Å². The molecule has 2 aromatic carbocycles. The third-order valence-electron chi connectivity index (χ3n) is 5.39. The second-order valence-electron chi connectivity index (χ2n) is 7.30. The maximum atomic E-state index is 6.28. The quantitative estimate of drug-likeness (QED) is 0.379. The van der Waals surface area contributed by atoms with E-state index in [0.717, 1.165) is 40.8 Å². The number of halogens is 2. The lowest BCUT2D eigenvalue weighted by Crippen LogP contribution is -2.04. The van der Waals surface area contributed by atoms with Crippen molar-refractivity contribution in [3.8, 4) is 0 Å². The van der Waals surface area contributed by atoms with Crippen molar-refractivity contribution < 1.29 is 4.42 Å². The minimum atomic E-state index is 0.387. The average molecular weight is 412 g/mol. The SMILES string of the molecule is Clc1ccc(Nc2nc3ccccc3c3nc(C4CCCCC4)oc23)cc1Cl. The van der Waals surface area contributed by atoms with Crippen molar-refractivity contribution in [2.75, 3.05) is 5.32 Å². The summed E-state index contributed by atoms with van der Waals surface area (Å²) < 4.78 is 6.28. The number of rotatable bonds is 3. The molecule has 1 fully saturated rings. The highest BCUT2D eigenvalue weighted by molar-refractivity contribution is 6.42. The number of benzene rings is 2. The van der Waals surface area contributed by atoms with Gasteiger partial charge in [-0.05, 0) is 37.1 Å². The van der Waals surface area contributed by atoms with Crippen LogP contribution in [0.15, 0.2) is 46.9 Å². The number of para-hydroxylation sites is 1. The smallest absolute Gasteiger partial charge is 0.198 e. The molecule has 2 aromatic heterocycles. The Morgan fingerprint density at radius 3 is 2.57 bits per heavy atom. The van der Waals surface area contributed by atoms with Gasteiger partial charge in [-0.2, -0.15) is 0 Å². The zero-order valence-electron chi connectivity index (χ0n) is 15.2. The maximum Gasteiger partial charge on any atom is 0.198 e. The third kappa shape index (κ3) is 3.21. The molecule has 5 rings (SSSR count). The molecule has 0 radical (unpaired) electrons. The Bertz CT molecular complexity index is 1170. The Morgan fingerprint density at radius 2 is 1.75 bits per heavy atom. The molecule has 4 aromatic rings. The van der Waals surface area contributed by atoms with Crippen LogP contribution >= 0.6 is 23.2 Å². The van der Waals surface area contributed by atoms with Gasteiger partial charge in [0.15, 0.2) is 17.3 Å². The molecule has 0 spiro atoms. The van der Waals surface area contributed by atoms with E-state index < -0.39 is 0 Å². The molecule has 0 bridgehead atoms. The molecule has 0 atom stereocenters. The van der Waals surface area contributed by atoms with Crippen LogP contribution in [0, 0.1) is 0 Å². The van der Waals surface area contributed by atoms with E-state index in [1.807, 2.05) is 30.3 Å². The predicted octanol–water partition coefficient (Wildman–Crippen LogP) is 7.47. The lowest BCUT2D eigenvalue weighted by atomic mass is 9.89. The number of pyridine rings is 1. The fourth-order valence-electron chi connectivity index (χ4n) is 3.94. The highest BCUT2D eigenvalue weighted by Crippen LogP contribution is 2.38. The molecular weight excluding hydrogens is 393 g/mol. The standard InChI is InChI=1S/C22H19Cl2N3O/c23-16-11-10-14(12-17(16)24)25-21-20-19(15-8-4-5-9-18(15)26-21)27-22(28-20)13-6-2-1-3-7-13/h4-5,8-13H,1-3,6-7H2,(H,25,26). The first-order chi connectivity index (χ1) is 13.7. The Hall–Kier alpha value is -2.30. The number of anilines is 2. The van der Waals surface area contributed by atoms with Crippen LogP contribution in [0.4, 0.5) is 11.5 Å². The highest BCUT2D eigenvalue weighted by atomic mass is 35.5. The summed E-state index contributed by atoms with van der Waals surface area (Å²) in [4.78, 5) is 9.69. The van der Waals surface area contributed by atoms with Gasteiger partial charge in [-0.25, -0.2) is 9.97 Å². The predicted molar refractivity (Wildman–Crippen MR) is 115 cm³/mol. The summed E-state index contributed by atoms with van der Waals surface area (Å²) in [6.07, 6.45) is 6.03. The second-order valence-corrected chi connectivity index (χ2v) is 8.11. The van der Waals surface area contributed by atoms with E-state index in [2.05, 4.69) is 5.32 Å². The van der Waals surface area contributed by atoms with Gasteiger partial charge in [0.1, 0.15) is 5.52 Å². The van der Waals surface area contributed by atoms with Gasteiger partial charge < -0.3 is 9.73 Å². The average Bonchev–Trinajstić information content (AvgIpc) is 3.18. The van der Waals surface area contributed by atoms with Crippen molar-refractivity contribution in [1.82, 2.24) is 9.97 Å². The number of nitrogens with zero attached hydrogens (tertiary/aromatic N) is 2. The number of fused-ring (bicyclic) bond motifs is 3. The van der Waals surface area contributed by atoms with Crippen LogP contribution in [-0.2, 0) is 0 Å². The number of hydrogen-bond donors (Lipinski definition) is 1. The molecule has 142 valence electrons. The Labute approximate surface area is 172 Å². The van der Waals surface area contributed by atoms with E-state index in [4.69, 9.17) is 37.6 Å². The molecule has 28 heavy (non-hydrogen) atoms. The largest absolute Gasteiger partial charge is 0.436 e. The molecule has 2 heterocycles. The maximum absolute atomic E-state index is 6.28. The van der Waals surface area contributed by atoms with Crippen LogP contribution in [0.2, 0.25) is 10.0 Å². The third-order valence-corrected chi connectivity index (χ3v) is 6.13. The van der Waals surface area contributed by atoms with Crippen molar-refractivity contribution in [3.63, 3.8) is 0 Å². The van der Waals surface area contributed by atoms with E-state index >= 15 is 0 Å². The Balaban J connectivity index is 1.65. The number of aromatic nitrogens is 2. The lowest BCUT2D eigenvalue weighted by Gasteiger charge is -2.17. The zero-order valence-corrected chi connectivity index (χ0v) is 16.7. The highest BCUT2D eigenvalue weighted by Gasteiger charge is 2.23. The second kappa shape index (κ2) is 7.26. The van der Waals surface area contributed by atoms with E-state index in [9.17, 15) is 0 Å². The first kappa shape index (κ1) is 17.8. The molecule has 1 aliphatic carbocycles. The van der Waals surface area contributed by atoms with Crippen molar-refractivity contribution in [3.05, 3.63) is 58.4 Å². The molecular formula is C22H19Cl2N3O. The van der Waals surface area contributed by atoms with Gasteiger partial charge in [0, 0.05) is 17.0 Å². The summed E-state index contributed by atoms with van der Waals surface area (Å²) in [5.74, 6) is 1.85. The Kier molecular flexibility index (Phi) is 4.61. The zero-order chi connectivity index (χ0) is 19.1. The van der Waals surface area contributed by atoms with Gasteiger partial charge in [0.05, 0.1) is 15.6 Å².